The van der Waals surface area contributed by atoms with Gasteiger partial charge in [-0.1, -0.05) is 11.6 Å². The Bertz CT molecular complexity index is 587. The van der Waals surface area contributed by atoms with Crippen molar-refractivity contribution >= 4 is 17.3 Å². The van der Waals surface area contributed by atoms with Crippen LogP contribution < -0.4 is 19.9 Å². The first-order valence-electron chi connectivity index (χ1n) is 7.14. The summed E-state index contributed by atoms with van der Waals surface area (Å²) < 4.78 is 16.5. The Morgan fingerprint density at radius 2 is 1.59 bits per heavy atom. The van der Waals surface area contributed by atoms with E-state index in [-0.39, 0.29) is 0 Å². The van der Waals surface area contributed by atoms with E-state index in [0.717, 1.165) is 18.6 Å². The third-order valence-electron chi connectivity index (χ3n) is 3.07. The fourth-order valence-electron chi connectivity index (χ4n) is 1.91. The van der Waals surface area contributed by atoms with E-state index in [1.165, 1.54) is 0 Å². The van der Waals surface area contributed by atoms with E-state index in [9.17, 15) is 0 Å². The summed E-state index contributed by atoms with van der Waals surface area (Å²) in [6, 6.07) is 12.7. The van der Waals surface area contributed by atoms with Crippen molar-refractivity contribution in [3.63, 3.8) is 0 Å². The molecule has 0 unspecified atom stereocenters. The number of halogens is 1. The zero-order chi connectivity index (χ0) is 15.8. The third kappa shape index (κ3) is 5.04. The second-order valence-corrected chi connectivity index (χ2v) is 5.20. The molecule has 2 aromatic rings. The van der Waals surface area contributed by atoms with Gasteiger partial charge in [-0.15, -0.1) is 0 Å². The number of nitrogen functional groups attached to an aromatic ring is 1. The topological polar surface area (TPSA) is 53.7 Å². The molecule has 0 saturated heterocycles. The summed E-state index contributed by atoms with van der Waals surface area (Å²) in [6.07, 6.45) is 1.79. The van der Waals surface area contributed by atoms with Crippen LogP contribution in [-0.2, 0) is 0 Å². The normalized spacial score (nSPS) is 10.3. The molecule has 4 nitrogen and oxygen atoms in total. The number of rotatable bonds is 8. The van der Waals surface area contributed by atoms with Gasteiger partial charge in [0.15, 0.2) is 11.5 Å². The smallest absolute Gasteiger partial charge is 0.162 e. The molecule has 0 heterocycles. The first-order chi connectivity index (χ1) is 10.7. The summed E-state index contributed by atoms with van der Waals surface area (Å²) in [5.74, 6) is 2.18. The van der Waals surface area contributed by atoms with Crippen LogP contribution in [0.5, 0.6) is 17.2 Å². The average molecular weight is 322 g/mol. The second-order valence-electron chi connectivity index (χ2n) is 4.77. The van der Waals surface area contributed by atoms with E-state index in [1.807, 2.05) is 30.3 Å². The van der Waals surface area contributed by atoms with Gasteiger partial charge in [0, 0.05) is 16.8 Å². The maximum atomic E-state index is 5.82. The fraction of sp³-hybridized carbons (Fsp3) is 0.294. The summed E-state index contributed by atoms with van der Waals surface area (Å²) in [6.45, 7) is 1.24. The zero-order valence-corrected chi connectivity index (χ0v) is 13.3. The maximum absolute atomic E-state index is 5.82. The van der Waals surface area contributed by atoms with Crippen molar-refractivity contribution in [3.8, 4) is 17.2 Å². The lowest BCUT2D eigenvalue weighted by molar-refractivity contribution is 0.258. The van der Waals surface area contributed by atoms with Crippen molar-refractivity contribution in [2.24, 2.45) is 0 Å². The number of hydrogen-bond donors (Lipinski definition) is 1. The van der Waals surface area contributed by atoms with Gasteiger partial charge in [0.05, 0.1) is 20.3 Å². The van der Waals surface area contributed by atoms with Gasteiger partial charge in [0.1, 0.15) is 5.75 Å². The van der Waals surface area contributed by atoms with Crippen LogP contribution in [0, 0.1) is 0 Å². The van der Waals surface area contributed by atoms with Crippen LogP contribution in [0.4, 0.5) is 5.69 Å². The first kappa shape index (κ1) is 16.3. The standard InChI is InChI=1S/C17H20ClNO3/c1-20-17-12-14(19)6-9-16(17)22-11-3-2-10-21-15-7-4-13(18)5-8-15/h4-9,12H,2-3,10-11,19H2,1H3. The number of unbranched alkanes of at least 4 members (excludes halogenated alkanes) is 1. The zero-order valence-electron chi connectivity index (χ0n) is 12.5. The molecule has 0 aliphatic rings. The lowest BCUT2D eigenvalue weighted by Crippen LogP contribution is -2.03. The molecule has 0 amide bonds. The molecule has 0 aliphatic carbocycles. The number of anilines is 1. The van der Waals surface area contributed by atoms with E-state index >= 15 is 0 Å². The maximum Gasteiger partial charge on any atom is 0.162 e. The Labute approximate surface area is 135 Å². The van der Waals surface area contributed by atoms with Crippen LogP contribution in [0.2, 0.25) is 5.02 Å². The molecule has 0 atom stereocenters. The molecule has 2 N–H and O–H groups in total. The lowest BCUT2D eigenvalue weighted by Gasteiger charge is -2.11. The molecule has 0 aliphatic heterocycles. The van der Waals surface area contributed by atoms with Gasteiger partial charge in [0.2, 0.25) is 0 Å². The highest BCUT2D eigenvalue weighted by atomic mass is 35.5. The van der Waals surface area contributed by atoms with Crippen molar-refractivity contribution in [2.45, 2.75) is 12.8 Å². The van der Waals surface area contributed by atoms with E-state index in [4.69, 9.17) is 31.5 Å². The third-order valence-corrected chi connectivity index (χ3v) is 3.32. The highest BCUT2D eigenvalue weighted by molar-refractivity contribution is 6.30. The van der Waals surface area contributed by atoms with E-state index in [2.05, 4.69) is 0 Å². The largest absolute Gasteiger partial charge is 0.494 e. The number of methoxy groups -OCH3 is 1. The van der Waals surface area contributed by atoms with Crippen LogP contribution in [-0.4, -0.2) is 20.3 Å². The molecular weight excluding hydrogens is 302 g/mol. The van der Waals surface area contributed by atoms with E-state index in [0.29, 0.717) is 35.4 Å². The molecule has 2 aromatic carbocycles. The Hall–Kier alpha value is -2.07. The van der Waals surface area contributed by atoms with Gasteiger partial charge in [-0.2, -0.15) is 0 Å². The summed E-state index contributed by atoms with van der Waals surface area (Å²) >= 11 is 5.82. The molecule has 0 bridgehead atoms. The summed E-state index contributed by atoms with van der Waals surface area (Å²) in [7, 11) is 1.60. The van der Waals surface area contributed by atoms with Gasteiger partial charge in [-0.25, -0.2) is 0 Å². The van der Waals surface area contributed by atoms with Gasteiger partial charge in [0.25, 0.3) is 0 Å². The monoisotopic (exact) mass is 321 g/mol. The minimum absolute atomic E-state index is 0.601. The second kappa shape index (κ2) is 8.39. The summed E-state index contributed by atoms with van der Waals surface area (Å²) in [5, 5.41) is 0.707. The minimum atomic E-state index is 0.601. The van der Waals surface area contributed by atoms with Crippen molar-refractivity contribution in [3.05, 3.63) is 47.5 Å². The van der Waals surface area contributed by atoms with Gasteiger partial charge >= 0.3 is 0 Å². The van der Waals surface area contributed by atoms with Crippen molar-refractivity contribution in [1.82, 2.24) is 0 Å². The van der Waals surface area contributed by atoms with Gasteiger partial charge in [-0.05, 0) is 49.2 Å². The Kier molecular flexibility index (Phi) is 6.22. The van der Waals surface area contributed by atoms with Crippen LogP contribution in [0.1, 0.15) is 12.8 Å². The first-order valence-corrected chi connectivity index (χ1v) is 7.51. The molecule has 5 heteroatoms. The minimum Gasteiger partial charge on any atom is -0.494 e. The molecule has 0 spiro atoms. The lowest BCUT2D eigenvalue weighted by atomic mass is 10.3. The average Bonchev–Trinajstić information content (AvgIpc) is 2.53. The van der Waals surface area contributed by atoms with Crippen molar-refractivity contribution in [1.29, 1.82) is 0 Å². The van der Waals surface area contributed by atoms with Crippen LogP contribution in [0.25, 0.3) is 0 Å². The number of ether oxygens (including phenoxy) is 3. The van der Waals surface area contributed by atoms with Crippen LogP contribution >= 0.6 is 11.6 Å². The SMILES string of the molecule is COc1cc(N)ccc1OCCCCOc1ccc(Cl)cc1. The van der Waals surface area contributed by atoms with Gasteiger partial charge < -0.3 is 19.9 Å². The Morgan fingerprint density at radius 1 is 0.909 bits per heavy atom. The molecule has 0 radical (unpaired) electrons. The predicted molar refractivity (Wildman–Crippen MR) is 89.1 cm³/mol. The Morgan fingerprint density at radius 3 is 2.27 bits per heavy atom. The molecular formula is C17H20ClNO3. The quantitative estimate of drug-likeness (QED) is 0.585. The predicted octanol–water partition coefficient (Wildman–Crippen LogP) is 4.17. The van der Waals surface area contributed by atoms with Crippen LogP contribution in [0.3, 0.4) is 0 Å². The summed E-state index contributed by atoms with van der Waals surface area (Å²) in [5.41, 5.74) is 6.35. The van der Waals surface area contributed by atoms with Crippen molar-refractivity contribution in [2.75, 3.05) is 26.1 Å². The fourth-order valence-corrected chi connectivity index (χ4v) is 2.04. The number of nitrogens with two attached hydrogens (primary N) is 1. The van der Waals surface area contributed by atoms with Crippen molar-refractivity contribution < 1.29 is 14.2 Å². The van der Waals surface area contributed by atoms with Crippen LogP contribution in [0.15, 0.2) is 42.5 Å². The molecule has 22 heavy (non-hydrogen) atoms. The number of benzene rings is 2. The molecule has 0 saturated carbocycles. The molecule has 0 aromatic heterocycles. The molecule has 2 rings (SSSR count). The summed E-state index contributed by atoms with van der Waals surface area (Å²) in [4.78, 5) is 0. The van der Waals surface area contributed by atoms with Gasteiger partial charge in [-0.3, -0.25) is 0 Å². The highest BCUT2D eigenvalue weighted by Crippen LogP contribution is 2.29. The Balaban J connectivity index is 1.66. The highest BCUT2D eigenvalue weighted by Gasteiger charge is 2.04. The van der Waals surface area contributed by atoms with E-state index in [1.54, 1.807) is 19.2 Å². The number of hydrogen-bond acceptors (Lipinski definition) is 4. The molecule has 0 fully saturated rings. The molecule has 118 valence electrons. The van der Waals surface area contributed by atoms with E-state index < -0.39 is 0 Å².